The third-order valence-electron chi connectivity index (χ3n) is 2.90. The lowest BCUT2D eigenvalue weighted by Gasteiger charge is -2.32. The van der Waals surface area contributed by atoms with E-state index in [1.54, 1.807) is 22.8 Å². The minimum Gasteiger partial charge on any atom is -0.444 e. The van der Waals surface area contributed by atoms with E-state index in [0.717, 1.165) is 11.3 Å². The molecule has 7 heteroatoms. The molecule has 0 saturated heterocycles. The Bertz CT molecular complexity index is 529. The molecule has 1 aliphatic heterocycles. The smallest absolute Gasteiger partial charge is 0.410 e. The largest absolute Gasteiger partial charge is 0.444 e. The van der Waals surface area contributed by atoms with Crippen molar-refractivity contribution in [2.24, 2.45) is 12.8 Å². The molecule has 2 rings (SSSR count). The van der Waals surface area contributed by atoms with Gasteiger partial charge in [0.1, 0.15) is 5.60 Å². The standard InChI is InChI=1S/C13H21N5O2/c1-13(2,3)20-12(19)18-7-9(5-10(14)8-18)11-6-15-16-17(11)4/h5-6,10H,7-8,14H2,1-4H3. The molecule has 0 saturated carbocycles. The average molecular weight is 279 g/mol. The zero-order valence-corrected chi connectivity index (χ0v) is 12.3. The number of aromatic nitrogens is 3. The van der Waals surface area contributed by atoms with Gasteiger partial charge in [0.05, 0.1) is 18.4 Å². The first kappa shape index (κ1) is 14.5. The van der Waals surface area contributed by atoms with Crippen LogP contribution in [0.2, 0.25) is 0 Å². The normalized spacial score (nSPS) is 19.8. The molecule has 0 aromatic carbocycles. The molecule has 0 radical (unpaired) electrons. The molecule has 1 aromatic heterocycles. The summed E-state index contributed by atoms with van der Waals surface area (Å²) in [5.74, 6) is 0. The summed E-state index contributed by atoms with van der Waals surface area (Å²) in [6, 6.07) is -0.221. The Morgan fingerprint density at radius 1 is 1.50 bits per heavy atom. The number of hydrogen-bond acceptors (Lipinski definition) is 5. The molecule has 0 fully saturated rings. The lowest BCUT2D eigenvalue weighted by molar-refractivity contribution is 0.0265. The summed E-state index contributed by atoms with van der Waals surface area (Å²) in [4.78, 5) is 13.8. The Hall–Kier alpha value is -1.89. The first-order chi connectivity index (χ1) is 9.26. The lowest BCUT2D eigenvalue weighted by Crippen LogP contribution is -2.46. The molecule has 0 spiro atoms. The highest BCUT2D eigenvalue weighted by atomic mass is 16.6. The fourth-order valence-corrected chi connectivity index (χ4v) is 2.10. The number of ether oxygens (including phenoxy) is 1. The predicted octanol–water partition coefficient (Wildman–Crippen LogP) is 0.776. The molecular weight excluding hydrogens is 258 g/mol. The van der Waals surface area contributed by atoms with Gasteiger partial charge in [0.25, 0.3) is 0 Å². The van der Waals surface area contributed by atoms with Crippen molar-refractivity contribution >= 4 is 11.7 Å². The number of carbonyl (C=O) groups excluding carboxylic acids is 1. The van der Waals surface area contributed by atoms with Gasteiger partial charge >= 0.3 is 6.09 Å². The predicted molar refractivity (Wildman–Crippen MR) is 74.8 cm³/mol. The van der Waals surface area contributed by atoms with E-state index in [-0.39, 0.29) is 12.1 Å². The van der Waals surface area contributed by atoms with Crippen LogP contribution in [0.1, 0.15) is 26.5 Å². The second-order valence-electron chi connectivity index (χ2n) is 5.96. The van der Waals surface area contributed by atoms with Crippen molar-refractivity contribution in [2.75, 3.05) is 13.1 Å². The van der Waals surface area contributed by atoms with E-state index in [1.165, 1.54) is 0 Å². The van der Waals surface area contributed by atoms with Crippen LogP contribution in [0.3, 0.4) is 0 Å². The summed E-state index contributed by atoms with van der Waals surface area (Å²) in [6.07, 6.45) is 3.25. The zero-order chi connectivity index (χ0) is 14.9. The van der Waals surface area contributed by atoms with Crippen molar-refractivity contribution in [2.45, 2.75) is 32.4 Å². The molecule has 1 aliphatic rings. The molecule has 2 heterocycles. The van der Waals surface area contributed by atoms with Crippen LogP contribution in [0.5, 0.6) is 0 Å². The van der Waals surface area contributed by atoms with Gasteiger partial charge in [-0.1, -0.05) is 11.3 Å². The quantitative estimate of drug-likeness (QED) is 0.820. The number of aryl methyl sites for hydroxylation is 1. The van der Waals surface area contributed by atoms with Crippen LogP contribution >= 0.6 is 0 Å². The summed E-state index contributed by atoms with van der Waals surface area (Å²) in [7, 11) is 1.81. The molecule has 1 unspecified atom stereocenters. The molecule has 20 heavy (non-hydrogen) atoms. The highest BCUT2D eigenvalue weighted by Crippen LogP contribution is 2.21. The zero-order valence-electron chi connectivity index (χ0n) is 12.3. The Kier molecular flexibility index (Phi) is 3.80. The minimum atomic E-state index is -0.517. The number of hydrogen-bond donors (Lipinski definition) is 1. The van der Waals surface area contributed by atoms with Crippen LogP contribution in [0.15, 0.2) is 12.3 Å². The number of carbonyl (C=O) groups is 1. The van der Waals surface area contributed by atoms with Crippen molar-refractivity contribution in [1.82, 2.24) is 19.9 Å². The Morgan fingerprint density at radius 3 is 2.75 bits per heavy atom. The molecule has 0 bridgehead atoms. The van der Waals surface area contributed by atoms with Crippen molar-refractivity contribution in [3.05, 3.63) is 18.0 Å². The molecule has 110 valence electrons. The van der Waals surface area contributed by atoms with E-state index < -0.39 is 5.60 Å². The number of rotatable bonds is 1. The molecule has 1 aromatic rings. The number of nitrogens with two attached hydrogens (primary N) is 1. The number of amides is 1. The molecule has 1 amide bonds. The summed E-state index contributed by atoms with van der Waals surface area (Å²) in [5.41, 5.74) is 7.27. The first-order valence-electron chi connectivity index (χ1n) is 6.55. The molecule has 1 atom stereocenters. The Morgan fingerprint density at radius 2 is 2.20 bits per heavy atom. The summed E-state index contributed by atoms with van der Waals surface area (Å²) in [5, 5.41) is 7.74. The van der Waals surface area contributed by atoms with Crippen LogP contribution < -0.4 is 5.73 Å². The van der Waals surface area contributed by atoms with Gasteiger partial charge in [-0.25, -0.2) is 9.48 Å². The second-order valence-corrected chi connectivity index (χ2v) is 5.96. The van der Waals surface area contributed by atoms with Crippen LogP contribution in [-0.4, -0.2) is 50.7 Å². The Balaban J connectivity index is 2.15. The molecule has 0 aliphatic carbocycles. The fourth-order valence-electron chi connectivity index (χ4n) is 2.10. The van der Waals surface area contributed by atoms with E-state index >= 15 is 0 Å². The highest BCUT2D eigenvalue weighted by Gasteiger charge is 2.28. The van der Waals surface area contributed by atoms with E-state index in [4.69, 9.17) is 10.5 Å². The average Bonchev–Trinajstić information content (AvgIpc) is 2.72. The summed E-state index contributed by atoms with van der Waals surface area (Å²) < 4.78 is 7.05. The molecule has 2 N–H and O–H groups in total. The third kappa shape index (κ3) is 3.36. The van der Waals surface area contributed by atoms with Gasteiger partial charge in [-0.2, -0.15) is 0 Å². The van der Waals surface area contributed by atoms with Gasteiger partial charge < -0.3 is 15.4 Å². The minimum absolute atomic E-state index is 0.221. The lowest BCUT2D eigenvalue weighted by atomic mass is 10.0. The van der Waals surface area contributed by atoms with Crippen molar-refractivity contribution in [3.63, 3.8) is 0 Å². The maximum Gasteiger partial charge on any atom is 0.410 e. The highest BCUT2D eigenvalue weighted by molar-refractivity contribution is 5.74. The van der Waals surface area contributed by atoms with Crippen molar-refractivity contribution in [1.29, 1.82) is 0 Å². The van der Waals surface area contributed by atoms with Gasteiger partial charge in [-0.3, -0.25) is 0 Å². The molecular formula is C13H21N5O2. The van der Waals surface area contributed by atoms with Crippen molar-refractivity contribution < 1.29 is 9.53 Å². The monoisotopic (exact) mass is 279 g/mol. The van der Waals surface area contributed by atoms with Crippen molar-refractivity contribution in [3.8, 4) is 0 Å². The van der Waals surface area contributed by atoms with Gasteiger partial charge in [-0.15, -0.1) is 5.10 Å². The van der Waals surface area contributed by atoms with E-state index in [9.17, 15) is 4.79 Å². The topological polar surface area (TPSA) is 86.3 Å². The maximum atomic E-state index is 12.1. The van der Waals surface area contributed by atoms with Crippen LogP contribution in [0.4, 0.5) is 4.79 Å². The van der Waals surface area contributed by atoms with Gasteiger partial charge in [0.15, 0.2) is 0 Å². The number of nitrogens with zero attached hydrogens (tertiary/aromatic N) is 4. The van der Waals surface area contributed by atoms with Crippen LogP contribution in [0.25, 0.3) is 5.57 Å². The Labute approximate surface area is 118 Å². The van der Waals surface area contributed by atoms with Gasteiger partial charge in [0.2, 0.25) is 0 Å². The van der Waals surface area contributed by atoms with Crippen LogP contribution in [0, 0.1) is 0 Å². The van der Waals surface area contributed by atoms with Crippen LogP contribution in [-0.2, 0) is 11.8 Å². The SMILES string of the molecule is Cn1nncc1C1=CC(N)CN(C(=O)OC(C)(C)C)C1. The maximum absolute atomic E-state index is 12.1. The summed E-state index contributed by atoms with van der Waals surface area (Å²) >= 11 is 0. The summed E-state index contributed by atoms with van der Waals surface area (Å²) in [6.45, 7) is 6.43. The van der Waals surface area contributed by atoms with Gasteiger partial charge in [-0.05, 0) is 26.3 Å². The first-order valence-corrected chi connectivity index (χ1v) is 6.55. The molecule has 7 nitrogen and oxygen atoms in total. The fraction of sp³-hybridized carbons (Fsp3) is 0.615. The van der Waals surface area contributed by atoms with E-state index in [2.05, 4.69) is 10.3 Å². The van der Waals surface area contributed by atoms with E-state index in [1.807, 2.05) is 26.8 Å². The third-order valence-corrected chi connectivity index (χ3v) is 2.90. The van der Waals surface area contributed by atoms with Gasteiger partial charge in [0, 0.05) is 19.6 Å². The van der Waals surface area contributed by atoms with E-state index in [0.29, 0.717) is 13.1 Å². The second kappa shape index (κ2) is 5.24.